The fraction of sp³-hybridized carbons (Fsp3) is 0.722. The number of hydrogen-bond donors (Lipinski definition) is 1. The predicted octanol–water partition coefficient (Wildman–Crippen LogP) is 3.24. The van der Waals surface area contributed by atoms with Crippen LogP contribution >= 0.6 is 0 Å². The third-order valence-corrected chi connectivity index (χ3v) is 7.41. The summed E-state index contributed by atoms with van der Waals surface area (Å²) in [6.07, 6.45) is 9.47. The van der Waals surface area contributed by atoms with E-state index >= 15 is 0 Å². The molecule has 5 unspecified atom stereocenters. The van der Waals surface area contributed by atoms with E-state index in [9.17, 15) is 13.2 Å². The molecule has 4 aliphatic rings. The van der Waals surface area contributed by atoms with Crippen molar-refractivity contribution in [3.63, 3.8) is 0 Å². The lowest BCUT2D eigenvalue weighted by molar-refractivity contribution is -0.129. The van der Waals surface area contributed by atoms with Crippen LogP contribution in [0.2, 0.25) is 0 Å². The van der Waals surface area contributed by atoms with Crippen molar-refractivity contribution >= 4 is 16.2 Å². The highest BCUT2D eigenvalue weighted by Gasteiger charge is 2.54. The van der Waals surface area contributed by atoms with Gasteiger partial charge in [-0.3, -0.25) is 9.35 Å². The van der Waals surface area contributed by atoms with Crippen molar-refractivity contribution in [2.45, 2.75) is 58.0 Å². The second-order valence-corrected chi connectivity index (χ2v) is 9.07. The standard InChI is InChI=1S/C18H24O5S/c1-18-9-8-14-13-5-3-12(23-24(20,21)22)10-11(13)2-4-15(14)16(18)6-7-17(18)19/h3,5,12,14-16H,2,4,6-10H2,1H3,(H,20,21,22). The first-order valence-electron chi connectivity index (χ1n) is 8.87. The Morgan fingerprint density at radius 2 is 2.04 bits per heavy atom. The van der Waals surface area contributed by atoms with Crippen molar-refractivity contribution in [2.75, 3.05) is 0 Å². The second-order valence-electron chi connectivity index (χ2n) is 8.02. The Balaban J connectivity index is 1.56. The Kier molecular flexibility index (Phi) is 3.79. The molecular weight excluding hydrogens is 328 g/mol. The fourth-order valence-electron chi connectivity index (χ4n) is 5.80. The zero-order valence-electron chi connectivity index (χ0n) is 13.9. The number of hydrogen-bond acceptors (Lipinski definition) is 4. The van der Waals surface area contributed by atoms with Gasteiger partial charge < -0.3 is 0 Å². The van der Waals surface area contributed by atoms with Gasteiger partial charge in [0.2, 0.25) is 0 Å². The molecule has 5 atom stereocenters. The molecule has 6 heteroatoms. The topological polar surface area (TPSA) is 80.7 Å². The number of ketones is 1. The summed E-state index contributed by atoms with van der Waals surface area (Å²) in [5, 5.41) is 0. The van der Waals surface area contributed by atoms with Crippen LogP contribution in [0.1, 0.15) is 51.9 Å². The number of rotatable bonds is 2. The molecule has 5 nitrogen and oxygen atoms in total. The monoisotopic (exact) mass is 352 g/mol. The fourth-order valence-corrected chi connectivity index (χ4v) is 6.24. The number of allylic oxidation sites excluding steroid dienone is 2. The average molecular weight is 352 g/mol. The normalized spacial score (nSPS) is 41.8. The molecule has 0 radical (unpaired) electrons. The van der Waals surface area contributed by atoms with Crippen molar-refractivity contribution < 1.29 is 21.9 Å². The smallest absolute Gasteiger partial charge is 0.299 e. The lowest BCUT2D eigenvalue weighted by Crippen LogP contribution is -2.43. The summed E-state index contributed by atoms with van der Waals surface area (Å²) in [5.41, 5.74) is 2.48. The van der Waals surface area contributed by atoms with E-state index in [1.807, 2.05) is 6.08 Å². The molecule has 0 aromatic rings. The third kappa shape index (κ3) is 2.59. The minimum absolute atomic E-state index is 0.117. The average Bonchev–Trinajstić information content (AvgIpc) is 2.81. The minimum Gasteiger partial charge on any atom is -0.299 e. The van der Waals surface area contributed by atoms with Crippen LogP contribution in [-0.4, -0.2) is 24.9 Å². The van der Waals surface area contributed by atoms with Crippen molar-refractivity contribution in [3.8, 4) is 0 Å². The number of Topliss-reactive ketones (excluding diaryl/α,β-unsaturated/α-hetero) is 1. The van der Waals surface area contributed by atoms with Gasteiger partial charge in [-0.05, 0) is 55.4 Å². The SMILES string of the molecule is CC12CCC3C4=C(CCC3C1CCC2=O)CC(OS(=O)(=O)O)C=C4. The molecule has 0 saturated heterocycles. The van der Waals surface area contributed by atoms with Crippen LogP contribution in [0.5, 0.6) is 0 Å². The maximum Gasteiger partial charge on any atom is 0.397 e. The van der Waals surface area contributed by atoms with Gasteiger partial charge in [0.05, 0.1) is 0 Å². The predicted molar refractivity (Wildman–Crippen MR) is 88.5 cm³/mol. The number of carbonyl (C=O) groups is 1. The first kappa shape index (κ1) is 16.5. The van der Waals surface area contributed by atoms with Crippen LogP contribution in [0.4, 0.5) is 0 Å². The molecule has 0 spiro atoms. The zero-order chi connectivity index (χ0) is 17.1. The quantitative estimate of drug-likeness (QED) is 0.772. The first-order valence-corrected chi connectivity index (χ1v) is 10.2. The van der Waals surface area contributed by atoms with Gasteiger partial charge in [0.15, 0.2) is 0 Å². The summed E-state index contributed by atoms with van der Waals surface area (Å²) >= 11 is 0. The highest BCUT2D eigenvalue weighted by atomic mass is 32.3. The molecule has 0 aromatic carbocycles. The largest absolute Gasteiger partial charge is 0.397 e. The van der Waals surface area contributed by atoms with E-state index in [4.69, 9.17) is 8.74 Å². The van der Waals surface area contributed by atoms with Crippen molar-refractivity contribution in [1.82, 2.24) is 0 Å². The summed E-state index contributed by atoms with van der Waals surface area (Å²) in [7, 11) is -4.42. The van der Waals surface area contributed by atoms with Gasteiger partial charge in [-0.2, -0.15) is 8.42 Å². The molecule has 0 aromatic heterocycles. The van der Waals surface area contributed by atoms with Crippen molar-refractivity contribution in [3.05, 3.63) is 23.3 Å². The van der Waals surface area contributed by atoms with Crippen LogP contribution in [0.3, 0.4) is 0 Å². The lowest BCUT2D eigenvalue weighted by Gasteiger charge is -2.49. The summed E-state index contributed by atoms with van der Waals surface area (Å²) in [6.45, 7) is 2.17. The first-order chi connectivity index (χ1) is 11.3. The maximum atomic E-state index is 12.3. The van der Waals surface area contributed by atoms with Crippen molar-refractivity contribution in [2.24, 2.45) is 23.2 Å². The molecule has 4 rings (SSSR count). The van der Waals surface area contributed by atoms with Crippen LogP contribution in [0.25, 0.3) is 0 Å². The summed E-state index contributed by atoms with van der Waals surface area (Å²) in [6, 6.07) is 0. The van der Waals surface area contributed by atoms with Crippen LogP contribution in [0, 0.1) is 23.2 Å². The molecule has 1 N–H and O–H groups in total. The van der Waals surface area contributed by atoms with Gasteiger partial charge >= 0.3 is 10.4 Å². The van der Waals surface area contributed by atoms with E-state index < -0.39 is 16.5 Å². The van der Waals surface area contributed by atoms with Gasteiger partial charge in [0, 0.05) is 18.3 Å². The molecule has 2 saturated carbocycles. The van der Waals surface area contributed by atoms with Crippen LogP contribution in [-0.2, 0) is 19.4 Å². The minimum atomic E-state index is -4.42. The Bertz CT molecular complexity index is 735. The van der Waals surface area contributed by atoms with E-state index in [0.29, 0.717) is 30.0 Å². The van der Waals surface area contributed by atoms with E-state index in [0.717, 1.165) is 38.5 Å². The van der Waals surface area contributed by atoms with Crippen LogP contribution in [0.15, 0.2) is 23.3 Å². The van der Waals surface area contributed by atoms with Gasteiger partial charge in [-0.1, -0.05) is 24.6 Å². The lowest BCUT2D eigenvalue weighted by atomic mass is 9.55. The van der Waals surface area contributed by atoms with Gasteiger partial charge in [0.1, 0.15) is 11.9 Å². The van der Waals surface area contributed by atoms with E-state index in [-0.39, 0.29) is 5.41 Å². The van der Waals surface area contributed by atoms with E-state index in [2.05, 4.69) is 6.92 Å². The van der Waals surface area contributed by atoms with E-state index in [1.54, 1.807) is 6.08 Å². The molecule has 0 bridgehead atoms. The third-order valence-electron chi connectivity index (χ3n) is 6.92. The molecule has 0 amide bonds. The zero-order valence-corrected chi connectivity index (χ0v) is 14.7. The van der Waals surface area contributed by atoms with Crippen molar-refractivity contribution in [1.29, 1.82) is 0 Å². The van der Waals surface area contributed by atoms with Gasteiger partial charge in [-0.15, -0.1) is 0 Å². The molecule has 2 fully saturated rings. The number of carbonyl (C=O) groups excluding carboxylic acids is 1. The highest BCUT2D eigenvalue weighted by Crippen LogP contribution is 2.59. The van der Waals surface area contributed by atoms with Gasteiger partial charge in [0.25, 0.3) is 0 Å². The summed E-state index contributed by atoms with van der Waals surface area (Å²) < 4.78 is 35.5. The highest BCUT2D eigenvalue weighted by molar-refractivity contribution is 7.80. The summed E-state index contributed by atoms with van der Waals surface area (Å²) in [4.78, 5) is 12.3. The second kappa shape index (κ2) is 5.51. The van der Waals surface area contributed by atoms with Gasteiger partial charge in [-0.25, -0.2) is 4.18 Å². The van der Waals surface area contributed by atoms with E-state index in [1.165, 1.54) is 11.1 Å². The molecule has 24 heavy (non-hydrogen) atoms. The Morgan fingerprint density at radius 3 is 2.79 bits per heavy atom. The Morgan fingerprint density at radius 1 is 1.25 bits per heavy atom. The van der Waals surface area contributed by atoms with Crippen LogP contribution < -0.4 is 0 Å². The molecular formula is C18H24O5S. The molecule has 4 aliphatic carbocycles. The summed E-state index contributed by atoms with van der Waals surface area (Å²) in [5.74, 6) is 2.00. The molecule has 132 valence electrons. The Labute approximate surface area is 143 Å². The molecule has 0 heterocycles. The molecule has 0 aliphatic heterocycles. The maximum absolute atomic E-state index is 12.3. The number of fused-ring (bicyclic) bond motifs is 4. The Hall–Kier alpha value is -0.980.